The van der Waals surface area contributed by atoms with Crippen molar-refractivity contribution in [3.8, 4) is 0 Å². The number of hydrogen-bond acceptors (Lipinski definition) is 15. The SMILES string of the molecule is CCC(C)CCCCCCCCCCCCC(=O)O[C@H](COC(=O)CCCCCCCCC(C)C)COP(=O)(O)OC[C@H](O)COP(=O)(O)OC[C@@H](COC(=O)CCCCCCCCCC(C)C)OC(=O)CCCCCCCCCCCCCCCC(C)C. The van der Waals surface area contributed by atoms with E-state index < -0.39 is 97.5 Å². The van der Waals surface area contributed by atoms with Crippen molar-refractivity contribution in [2.24, 2.45) is 23.7 Å². The smallest absolute Gasteiger partial charge is 0.462 e. The predicted octanol–water partition coefficient (Wildman–Crippen LogP) is 19.7. The molecule has 0 radical (unpaired) electrons. The van der Waals surface area contributed by atoms with Crippen LogP contribution < -0.4 is 0 Å². The Hall–Kier alpha value is -1.94. The molecule has 0 heterocycles. The third-order valence-electron chi connectivity index (χ3n) is 16.4. The molecule has 6 atom stereocenters. The highest BCUT2D eigenvalue weighted by molar-refractivity contribution is 7.47. The minimum Gasteiger partial charge on any atom is -0.462 e. The summed E-state index contributed by atoms with van der Waals surface area (Å²) in [5.41, 5.74) is 0. The van der Waals surface area contributed by atoms with Crippen LogP contribution in [0.3, 0.4) is 0 Å². The molecule has 0 amide bonds. The van der Waals surface area contributed by atoms with Crippen LogP contribution in [0, 0.1) is 23.7 Å². The van der Waals surface area contributed by atoms with Gasteiger partial charge in [-0.1, -0.05) is 293 Å². The monoisotopic (exact) mass is 1310 g/mol. The third kappa shape index (κ3) is 63.2. The largest absolute Gasteiger partial charge is 0.472 e. The van der Waals surface area contributed by atoms with Gasteiger partial charge < -0.3 is 33.8 Å². The summed E-state index contributed by atoms with van der Waals surface area (Å²) in [5.74, 6) is 0.842. The Morgan fingerprint density at radius 3 is 0.798 bits per heavy atom. The summed E-state index contributed by atoms with van der Waals surface area (Å²) >= 11 is 0. The van der Waals surface area contributed by atoms with Gasteiger partial charge in [-0.05, 0) is 49.4 Å². The van der Waals surface area contributed by atoms with Crippen LogP contribution in [0.15, 0.2) is 0 Å². The Bertz CT molecular complexity index is 1770. The van der Waals surface area contributed by atoms with Gasteiger partial charge in [-0.2, -0.15) is 0 Å². The van der Waals surface area contributed by atoms with Crippen molar-refractivity contribution in [3.63, 3.8) is 0 Å². The van der Waals surface area contributed by atoms with Crippen LogP contribution in [0.4, 0.5) is 0 Å². The van der Waals surface area contributed by atoms with Crippen molar-refractivity contribution < 1.29 is 80.2 Å². The molecule has 0 aliphatic heterocycles. The highest BCUT2D eigenvalue weighted by Crippen LogP contribution is 2.45. The molecule has 89 heavy (non-hydrogen) atoms. The van der Waals surface area contributed by atoms with Crippen LogP contribution in [-0.4, -0.2) is 96.7 Å². The summed E-state index contributed by atoms with van der Waals surface area (Å²) in [6, 6.07) is 0. The number of rotatable bonds is 67. The average molecular weight is 1310 g/mol. The van der Waals surface area contributed by atoms with E-state index in [-0.39, 0.29) is 25.7 Å². The topological polar surface area (TPSA) is 237 Å². The van der Waals surface area contributed by atoms with E-state index >= 15 is 0 Å². The van der Waals surface area contributed by atoms with Gasteiger partial charge in [0.2, 0.25) is 0 Å². The van der Waals surface area contributed by atoms with Gasteiger partial charge in [0.1, 0.15) is 19.3 Å². The molecule has 0 spiro atoms. The van der Waals surface area contributed by atoms with Crippen LogP contribution in [0.2, 0.25) is 0 Å². The number of esters is 4. The van der Waals surface area contributed by atoms with E-state index in [2.05, 4.69) is 55.4 Å². The number of phosphoric acid groups is 2. The number of hydrogen-bond donors (Lipinski definition) is 3. The second-order valence-corrected chi connectivity index (χ2v) is 29.8. The highest BCUT2D eigenvalue weighted by atomic mass is 31.2. The van der Waals surface area contributed by atoms with Crippen molar-refractivity contribution in [2.45, 2.75) is 363 Å². The molecular formula is C70H136O17P2. The first kappa shape index (κ1) is 87.1. The van der Waals surface area contributed by atoms with Crippen molar-refractivity contribution in [1.29, 1.82) is 0 Å². The third-order valence-corrected chi connectivity index (χ3v) is 18.3. The molecule has 0 saturated heterocycles. The lowest BCUT2D eigenvalue weighted by Crippen LogP contribution is -2.30. The van der Waals surface area contributed by atoms with E-state index in [4.69, 9.17) is 37.0 Å². The van der Waals surface area contributed by atoms with Crippen molar-refractivity contribution in [3.05, 3.63) is 0 Å². The summed E-state index contributed by atoms with van der Waals surface area (Å²) in [6.07, 6.45) is 41.8. The molecule has 0 bridgehead atoms. The average Bonchev–Trinajstić information content (AvgIpc) is 3.70. The van der Waals surface area contributed by atoms with Gasteiger partial charge in [-0.25, -0.2) is 9.13 Å². The number of phosphoric ester groups is 2. The standard InChI is InChI=1S/C70H136O17P2/c1-9-63(8)49-41-33-24-18-15-16-20-26-37-45-53-70(75)87-66(57-81-68(73)51-43-35-29-28-32-40-48-62(6)7)59-85-89(78,79)83-55-64(71)54-82-88(76,77)84-58-65(56-80-67(72)50-42-34-27-21-23-31-39-47-61(4)5)86-69(74)52-44-36-25-19-14-12-10-11-13-17-22-30-38-46-60(2)3/h60-66,71H,9-59H2,1-8H3,(H,76,77)(H,78,79)/t63?,64-,65-,66-/m1/s1. The van der Waals surface area contributed by atoms with Crippen LogP contribution >= 0.6 is 15.6 Å². The molecule has 0 rings (SSSR count). The number of carbonyl (C=O) groups is 4. The lowest BCUT2D eigenvalue weighted by atomic mass is 9.99. The maximum Gasteiger partial charge on any atom is 0.472 e. The first-order valence-corrected chi connectivity index (χ1v) is 39.2. The Labute approximate surface area is 543 Å². The van der Waals surface area contributed by atoms with E-state index in [1.165, 1.54) is 135 Å². The highest BCUT2D eigenvalue weighted by Gasteiger charge is 2.30. The fourth-order valence-electron chi connectivity index (χ4n) is 10.5. The molecule has 0 aromatic heterocycles. The molecular weight excluding hydrogens is 1170 g/mol. The van der Waals surface area contributed by atoms with Crippen LogP contribution in [-0.2, 0) is 65.4 Å². The predicted molar refractivity (Wildman–Crippen MR) is 358 cm³/mol. The van der Waals surface area contributed by atoms with E-state index in [0.717, 1.165) is 115 Å². The van der Waals surface area contributed by atoms with E-state index in [9.17, 15) is 43.2 Å². The normalized spacial score (nSPS) is 14.6. The molecule has 0 fully saturated rings. The number of carbonyl (C=O) groups excluding carboxylic acids is 4. The summed E-state index contributed by atoms with van der Waals surface area (Å²) in [4.78, 5) is 72.5. The molecule has 3 N–H and O–H groups in total. The van der Waals surface area contributed by atoms with Gasteiger partial charge in [0.25, 0.3) is 0 Å². The number of aliphatic hydroxyl groups excluding tert-OH is 1. The fraction of sp³-hybridized carbons (Fsp3) is 0.943. The number of aliphatic hydroxyl groups is 1. The minimum atomic E-state index is -4.95. The number of ether oxygens (including phenoxy) is 4. The maximum atomic E-state index is 13.0. The molecule has 0 aliphatic rings. The first-order chi connectivity index (χ1) is 42.6. The molecule has 528 valence electrons. The molecule has 0 aliphatic carbocycles. The minimum absolute atomic E-state index is 0.105. The molecule has 3 unspecified atom stereocenters. The molecule has 19 heteroatoms. The Balaban J connectivity index is 5.23. The maximum absolute atomic E-state index is 13.0. The van der Waals surface area contributed by atoms with Crippen molar-refractivity contribution in [1.82, 2.24) is 0 Å². The van der Waals surface area contributed by atoms with Gasteiger partial charge in [0.05, 0.1) is 26.4 Å². The first-order valence-electron chi connectivity index (χ1n) is 36.2. The van der Waals surface area contributed by atoms with Crippen LogP contribution in [0.5, 0.6) is 0 Å². The lowest BCUT2D eigenvalue weighted by Gasteiger charge is -2.21. The van der Waals surface area contributed by atoms with Crippen molar-refractivity contribution >= 4 is 39.5 Å². The molecule has 0 aromatic carbocycles. The van der Waals surface area contributed by atoms with Gasteiger partial charge in [0, 0.05) is 25.7 Å². The van der Waals surface area contributed by atoms with Crippen LogP contribution in [0.25, 0.3) is 0 Å². The van der Waals surface area contributed by atoms with Gasteiger partial charge in [-0.3, -0.25) is 37.3 Å². The summed E-state index contributed by atoms with van der Waals surface area (Å²) in [6.45, 7) is 14.1. The zero-order valence-corrected chi connectivity index (χ0v) is 59.8. The molecule has 0 saturated carbocycles. The number of unbranched alkanes of at least 4 members (excludes halogenated alkanes) is 32. The van der Waals surface area contributed by atoms with E-state index in [1.54, 1.807) is 0 Å². The van der Waals surface area contributed by atoms with Gasteiger partial charge in [-0.15, -0.1) is 0 Å². The lowest BCUT2D eigenvalue weighted by molar-refractivity contribution is -0.161. The van der Waals surface area contributed by atoms with Gasteiger partial charge in [0.15, 0.2) is 12.2 Å². The van der Waals surface area contributed by atoms with Crippen molar-refractivity contribution in [2.75, 3.05) is 39.6 Å². The summed E-state index contributed by atoms with van der Waals surface area (Å²) in [5, 5.41) is 10.6. The van der Waals surface area contributed by atoms with E-state index in [1.807, 2.05) is 0 Å². The zero-order chi connectivity index (χ0) is 66.1. The summed E-state index contributed by atoms with van der Waals surface area (Å²) in [7, 11) is -9.90. The fourth-order valence-corrected chi connectivity index (χ4v) is 12.0. The zero-order valence-electron chi connectivity index (χ0n) is 58.1. The Morgan fingerprint density at radius 2 is 0.539 bits per heavy atom. The summed E-state index contributed by atoms with van der Waals surface area (Å²) < 4.78 is 68.2. The van der Waals surface area contributed by atoms with E-state index in [0.29, 0.717) is 37.5 Å². The van der Waals surface area contributed by atoms with Crippen LogP contribution in [0.1, 0.15) is 344 Å². The molecule has 0 aromatic rings. The van der Waals surface area contributed by atoms with Gasteiger partial charge >= 0.3 is 39.5 Å². The second kappa shape index (κ2) is 59.8. The molecule has 17 nitrogen and oxygen atoms in total. The quantitative estimate of drug-likeness (QED) is 0.0222. The Morgan fingerprint density at radius 1 is 0.315 bits per heavy atom. The Kier molecular flexibility index (Phi) is 58.5. The second-order valence-electron chi connectivity index (χ2n) is 26.9.